The molecule has 2 amide bonds. The molecule has 0 saturated carbocycles. The first-order chi connectivity index (χ1) is 20.1. The largest absolute Gasteiger partial charge is 0.358 e. The summed E-state index contributed by atoms with van der Waals surface area (Å²) in [5.74, 6) is -0.691. The fourth-order valence-electron chi connectivity index (χ4n) is 6.08. The van der Waals surface area contributed by atoms with E-state index in [0.717, 1.165) is 50.3 Å². The molecule has 0 atom stereocenters. The Morgan fingerprint density at radius 3 is 2.45 bits per heavy atom. The molecule has 8 nitrogen and oxygen atoms in total. The normalized spacial score (nSPS) is 18.4. The smallest absolute Gasteiger partial charge is 0.256 e. The van der Waals surface area contributed by atoms with E-state index in [-0.39, 0.29) is 32.5 Å². The van der Waals surface area contributed by atoms with E-state index in [4.69, 9.17) is 23.2 Å². The number of anilines is 1. The van der Waals surface area contributed by atoms with Crippen molar-refractivity contribution in [2.24, 2.45) is 0 Å². The van der Waals surface area contributed by atoms with Gasteiger partial charge in [0.05, 0.1) is 21.8 Å². The van der Waals surface area contributed by atoms with Gasteiger partial charge in [-0.1, -0.05) is 29.3 Å². The first-order valence-electron chi connectivity index (χ1n) is 14.2. The van der Waals surface area contributed by atoms with Crippen molar-refractivity contribution in [1.29, 1.82) is 0 Å². The van der Waals surface area contributed by atoms with E-state index < -0.39 is 9.84 Å². The molecule has 1 fully saturated rings. The van der Waals surface area contributed by atoms with Crippen molar-refractivity contribution < 1.29 is 18.0 Å². The number of carbonyl (C=O) groups is 2. The van der Waals surface area contributed by atoms with Crippen LogP contribution in [-0.4, -0.2) is 67.7 Å². The number of hydrogen-bond acceptors (Lipinski definition) is 5. The molecular formula is C31H32Cl2N4O4S. The molecule has 2 N–H and O–H groups in total. The SMILES string of the molecule is Cc1c(C=C2C(=O)Nc3ccc(S(=O)(=O)Cc4c(Cl)cccc4Cl)cc32)[nH]c2c1C(=O)N(CCN1CCCC1)CCC2. The minimum Gasteiger partial charge on any atom is -0.358 e. The van der Waals surface area contributed by atoms with Gasteiger partial charge in [-0.15, -0.1) is 0 Å². The lowest BCUT2D eigenvalue weighted by Crippen LogP contribution is -2.38. The summed E-state index contributed by atoms with van der Waals surface area (Å²) in [5, 5.41) is 3.37. The molecule has 0 unspecified atom stereocenters. The molecule has 3 aliphatic rings. The molecule has 6 rings (SSSR count). The van der Waals surface area contributed by atoms with Crippen LogP contribution in [0.1, 0.15) is 57.7 Å². The zero-order valence-corrected chi connectivity index (χ0v) is 25.6. The summed E-state index contributed by atoms with van der Waals surface area (Å²) in [5.41, 5.74) is 4.67. The lowest BCUT2D eigenvalue weighted by atomic mass is 10.0. The Morgan fingerprint density at radius 2 is 1.71 bits per heavy atom. The average Bonchev–Trinajstić information content (AvgIpc) is 3.63. The van der Waals surface area contributed by atoms with E-state index in [1.54, 1.807) is 30.3 Å². The zero-order chi connectivity index (χ0) is 29.6. The summed E-state index contributed by atoms with van der Waals surface area (Å²) in [4.78, 5) is 34.5. The van der Waals surface area contributed by atoms with Gasteiger partial charge in [0.25, 0.3) is 11.8 Å². The summed E-state index contributed by atoms with van der Waals surface area (Å²) in [6.45, 7) is 6.38. The van der Waals surface area contributed by atoms with Crippen LogP contribution in [0.15, 0.2) is 41.3 Å². The molecule has 11 heteroatoms. The number of nitrogens with zero attached hydrogens (tertiary/aromatic N) is 2. The van der Waals surface area contributed by atoms with Gasteiger partial charge in [-0.05, 0) is 87.7 Å². The van der Waals surface area contributed by atoms with E-state index in [0.29, 0.717) is 40.2 Å². The van der Waals surface area contributed by atoms with Gasteiger partial charge >= 0.3 is 0 Å². The minimum absolute atomic E-state index is 0.0167. The number of nitrogens with one attached hydrogen (secondary N) is 2. The van der Waals surface area contributed by atoms with Gasteiger partial charge in [-0.25, -0.2) is 8.42 Å². The van der Waals surface area contributed by atoms with Crippen LogP contribution < -0.4 is 5.32 Å². The molecule has 220 valence electrons. The molecule has 0 aliphatic carbocycles. The third kappa shape index (κ3) is 5.51. The molecule has 4 heterocycles. The highest BCUT2D eigenvalue weighted by Gasteiger charge is 2.31. The molecule has 1 saturated heterocycles. The van der Waals surface area contributed by atoms with E-state index in [9.17, 15) is 18.0 Å². The Kier molecular flexibility index (Phi) is 7.95. The molecule has 2 aromatic carbocycles. The molecule has 42 heavy (non-hydrogen) atoms. The molecule has 0 radical (unpaired) electrons. The van der Waals surface area contributed by atoms with Gasteiger partial charge in [0.2, 0.25) is 0 Å². The Balaban J connectivity index is 1.30. The highest BCUT2D eigenvalue weighted by molar-refractivity contribution is 7.90. The van der Waals surface area contributed by atoms with Gasteiger partial charge < -0.3 is 20.1 Å². The third-order valence-electron chi connectivity index (χ3n) is 8.42. The van der Waals surface area contributed by atoms with Crippen molar-refractivity contribution >= 4 is 62.2 Å². The van der Waals surface area contributed by atoms with Crippen molar-refractivity contribution in [2.45, 2.75) is 43.3 Å². The Labute approximate surface area is 255 Å². The van der Waals surface area contributed by atoms with Crippen molar-refractivity contribution in [3.05, 3.63) is 80.1 Å². The summed E-state index contributed by atoms with van der Waals surface area (Å²) < 4.78 is 26.8. The number of aromatic amines is 1. The van der Waals surface area contributed by atoms with Crippen molar-refractivity contribution in [3.63, 3.8) is 0 Å². The first-order valence-corrected chi connectivity index (χ1v) is 16.6. The number of halogens is 2. The third-order valence-corrected chi connectivity index (χ3v) is 10.8. The van der Waals surface area contributed by atoms with E-state index >= 15 is 0 Å². The van der Waals surface area contributed by atoms with Crippen molar-refractivity contribution in [1.82, 2.24) is 14.8 Å². The predicted octanol–water partition coefficient (Wildman–Crippen LogP) is 5.58. The lowest BCUT2D eigenvalue weighted by molar-refractivity contribution is -0.110. The number of benzene rings is 2. The summed E-state index contributed by atoms with van der Waals surface area (Å²) in [6, 6.07) is 9.43. The fraction of sp³-hybridized carbons (Fsp3) is 0.355. The van der Waals surface area contributed by atoms with Crippen molar-refractivity contribution in [3.8, 4) is 0 Å². The highest BCUT2D eigenvalue weighted by Crippen LogP contribution is 2.37. The average molecular weight is 628 g/mol. The van der Waals surface area contributed by atoms with Crippen LogP contribution >= 0.6 is 23.2 Å². The number of H-pyrrole nitrogens is 1. The summed E-state index contributed by atoms with van der Waals surface area (Å²) >= 11 is 12.5. The number of hydrogen-bond donors (Lipinski definition) is 2. The second kappa shape index (κ2) is 11.5. The van der Waals surface area contributed by atoms with Crippen LogP contribution in [0.2, 0.25) is 10.0 Å². The molecule has 1 aromatic heterocycles. The number of fused-ring (bicyclic) bond motifs is 2. The zero-order valence-electron chi connectivity index (χ0n) is 23.3. The lowest BCUT2D eigenvalue weighted by Gasteiger charge is -2.24. The minimum atomic E-state index is -3.83. The maximum Gasteiger partial charge on any atom is 0.256 e. The van der Waals surface area contributed by atoms with Crippen LogP contribution in [0.25, 0.3) is 11.6 Å². The number of likely N-dealkylation sites (tertiary alicyclic amines) is 1. The first kappa shape index (κ1) is 29.0. The Hall–Kier alpha value is -3.11. The van der Waals surface area contributed by atoms with E-state index in [1.807, 2.05) is 11.8 Å². The van der Waals surface area contributed by atoms with Crippen LogP contribution in [0.4, 0.5) is 5.69 Å². The van der Waals surface area contributed by atoms with E-state index in [2.05, 4.69) is 15.2 Å². The van der Waals surface area contributed by atoms with Crippen molar-refractivity contribution in [2.75, 3.05) is 38.0 Å². The quantitative estimate of drug-likeness (QED) is 0.333. The van der Waals surface area contributed by atoms with Crippen LogP contribution in [0.5, 0.6) is 0 Å². The standard InChI is InChI=1S/C31H32Cl2N4O4S/c1-19-28(34-27-8-5-13-37(31(39)29(19)27)15-14-36-11-2-3-12-36)17-22-21-16-20(9-10-26(21)35-30(22)38)42(40,41)18-23-24(32)6-4-7-25(23)33/h4,6-7,9-10,16-17,34H,2-3,5,8,11-15,18H2,1H3,(H,35,38). The number of aromatic nitrogens is 1. The van der Waals surface area contributed by atoms with Gasteiger partial charge in [0.15, 0.2) is 9.84 Å². The number of carbonyl (C=O) groups excluding carboxylic acids is 2. The number of aryl methyl sites for hydroxylation is 1. The van der Waals surface area contributed by atoms with Crippen LogP contribution in [-0.2, 0) is 26.8 Å². The number of amides is 2. The van der Waals surface area contributed by atoms with Crippen LogP contribution in [0, 0.1) is 6.92 Å². The number of rotatable bonds is 7. The molecule has 0 spiro atoms. The fourth-order valence-corrected chi connectivity index (χ4v) is 8.20. The monoisotopic (exact) mass is 626 g/mol. The van der Waals surface area contributed by atoms with Gasteiger partial charge in [-0.3, -0.25) is 9.59 Å². The molecule has 3 aromatic rings. The van der Waals surface area contributed by atoms with Crippen LogP contribution in [0.3, 0.4) is 0 Å². The summed E-state index contributed by atoms with van der Waals surface area (Å²) in [6.07, 6.45) is 5.74. The molecule has 0 bridgehead atoms. The predicted molar refractivity (Wildman–Crippen MR) is 166 cm³/mol. The second-order valence-electron chi connectivity index (χ2n) is 11.1. The van der Waals surface area contributed by atoms with Gasteiger partial charge in [0.1, 0.15) is 0 Å². The molecular weight excluding hydrogens is 595 g/mol. The van der Waals surface area contributed by atoms with Gasteiger partial charge in [-0.2, -0.15) is 0 Å². The molecule has 3 aliphatic heterocycles. The second-order valence-corrected chi connectivity index (χ2v) is 13.9. The maximum atomic E-state index is 13.6. The van der Waals surface area contributed by atoms with Gasteiger partial charge in [0, 0.05) is 57.9 Å². The summed E-state index contributed by atoms with van der Waals surface area (Å²) in [7, 11) is -3.83. The number of sulfone groups is 1. The topological polar surface area (TPSA) is 103 Å². The Morgan fingerprint density at radius 1 is 0.976 bits per heavy atom. The Bertz CT molecular complexity index is 1700. The maximum absolute atomic E-state index is 13.6. The van der Waals surface area contributed by atoms with E-state index in [1.165, 1.54) is 25.0 Å². The highest BCUT2D eigenvalue weighted by atomic mass is 35.5.